The highest BCUT2D eigenvalue weighted by atomic mass is 79.9. The fourth-order valence-electron chi connectivity index (χ4n) is 2.32. The molecule has 1 aromatic carbocycles. The lowest BCUT2D eigenvalue weighted by molar-refractivity contribution is -0.0702. The molecule has 0 amide bonds. The lowest BCUT2D eigenvalue weighted by atomic mass is 9.72. The van der Waals surface area contributed by atoms with E-state index >= 15 is 0 Å². The zero-order valence-electron chi connectivity index (χ0n) is 9.58. The second kappa shape index (κ2) is 4.86. The Kier molecular flexibility index (Phi) is 3.67. The van der Waals surface area contributed by atoms with Gasteiger partial charge < -0.3 is 10.5 Å². The fourth-order valence-corrected chi connectivity index (χ4v) is 2.72. The second-order valence-corrected chi connectivity index (χ2v) is 5.74. The Morgan fingerprint density at radius 2 is 2.25 bits per heavy atom. The summed E-state index contributed by atoms with van der Waals surface area (Å²) in [6.07, 6.45) is 1.11. The van der Waals surface area contributed by atoms with Gasteiger partial charge in [-0.25, -0.2) is 0 Å². The van der Waals surface area contributed by atoms with Crippen molar-refractivity contribution in [3.63, 3.8) is 0 Å². The van der Waals surface area contributed by atoms with Crippen LogP contribution in [-0.2, 0) is 10.2 Å². The highest BCUT2D eigenvalue weighted by Crippen LogP contribution is 2.38. The largest absolute Gasteiger partial charge is 0.379 e. The topological polar surface area (TPSA) is 35.2 Å². The first kappa shape index (κ1) is 12.1. The fraction of sp³-hybridized carbons (Fsp3) is 0.538. The van der Waals surface area contributed by atoms with Gasteiger partial charge in [0.05, 0.1) is 13.2 Å². The third-order valence-corrected chi connectivity index (χ3v) is 3.83. The molecule has 1 aromatic rings. The maximum atomic E-state index is 5.72. The van der Waals surface area contributed by atoms with Gasteiger partial charge in [0.1, 0.15) is 0 Å². The van der Waals surface area contributed by atoms with Crippen LogP contribution in [0.2, 0.25) is 0 Å². The van der Waals surface area contributed by atoms with Gasteiger partial charge in [-0.2, -0.15) is 0 Å². The van der Waals surface area contributed by atoms with Crippen molar-refractivity contribution < 1.29 is 4.74 Å². The molecular weight excluding hydrogens is 266 g/mol. The summed E-state index contributed by atoms with van der Waals surface area (Å²) in [6, 6.07) is 8.54. The predicted molar refractivity (Wildman–Crippen MR) is 69.5 cm³/mol. The zero-order valence-corrected chi connectivity index (χ0v) is 11.2. The average Bonchev–Trinajstić information content (AvgIpc) is 2.23. The molecule has 3 heteroatoms. The maximum absolute atomic E-state index is 5.72. The van der Waals surface area contributed by atoms with Crippen LogP contribution in [0.4, 0.5) is 0 Å². The summed E-state index contributed by atoms with van der Waals surface area (Å²) < 4.78 is 6.56. The number of rotatable bonds is 4. The summed E-state index contributed by atoms with van der Waals surface area (Å²) in [4.78, 5) is 0. The molecule has 1 unspecified atom stereocenters. The van der Waals surface area contributed by atoms with Gasteiger partial charge >= 0.3 is 0 Å². The van der Waals surface area contributed by atoms with E-state index in [4.69, 9.17) is 10.5 Å². The summed E-state index contributed by atoms with van der Waals surface area (Å²) in [5.41, 5.74) is 7.28. The predicted octanol–water partition coefficient (Wildman–Crippen LogP) is 2.70. The van der Waals surface area contributed by atoms with Crippen molar-refractivity contribution in [2.24, 2.45) is 11.7 Å². The van der Waals surface area contributed by atoms with E-state index in [-0.39, 0.29) is 5.41 Å². The minimum Gasteiger partial charge on any atom is -0.379 e. The molecule has 2 rings (SSSR count). The minimum atomic E-state index is 0.197. The average molecular weight is 284 g/mol. The number of ether oxygens (including phenoxy) is 1. The van der Waals surface area contributed by atoms with Gasteiger partial charge in [0.25, 0.3) is 0 Å². The molecule has 0 radical (unpaired) electrons. The van der Waals surface area contributed by atoms with Crippen LogP contribution in [0.25, 0.3) is 0 Å². The van der Waals surface area contributed by atoms with Crippen molar-refractivity contribution in [1.82, 2.24) is 0 Å². The van der Waals surface area contributed by atoms with Gasteiger partial charge in [0.15, 0.2) is 0 Å². The van der Waals surface area contributed by atoms with Crippen LogP contribution in [0, 0.1) is 5.92 Å². The molecule has 1 atom stereocenters. The third kappa shape index (κ3) is 2.31. The Morgan fingerprint density at radius 1 is 1.50 bits per heavy atom. The van der Waals surface area contributed by atoms with Gasteiger partial charge in [-0.05, 0) is 36.6 Å². The van der Waals surface area contributed by atoms with Crippen molar-refractivity contribution in [2.75, 3.05) is 19.8 Å². The molecule has 1 aliphatic heterocycles. The van der Waals surface area contributed by atoms with Crippen LogP contribution < -0.4 is 5.73 Å². The van der Waals surface area contributed by atoms with Crippen molar-refractivity contribution in [3.05, 3.63) is 34.3 Å². The minimum absolute atomic E-state index is 0.197. The van der Waals surface area contributed by atoms with E-state index in [2.05, 4.69) is 47.1 Å². The van der Waals surface area contributed by atoms with Gasteiger partial charge in [0, 0.05) is 9.89 Å². The number of benzene rings is 1. The molecule has 1 fully saturated rings. The first-order valence-electron chi connectivity index (χ1n) is 5.70. The lowest BCUT2D eigenvalue weighted by Crippen LogP contribution is -2.48. The summed E-state index contributed by atoms with van der Waals surface area (Å²) in [7, 11) is 0. The van der Waals surface area contributed by atoms with Crippen molar-refractivity contribution in [1.29, 1.82) is 0 Å². The lowest BCUT2D eigenvalue weighted by Gasteiger charge is -2.43. The third-order valence-electron chi connectivity index (χ3n) is 3.34. The maximum Gasteiger partial charge on any atom is 0.0585 e. The Bertz CT molecular complexity index is 363. The van der Waals surface area contributed by atoms with E-state index in [9.17, 15) is 0 Å². The Hall–Kier alpha value is -0.380. The van der Waals surface area contributed by atoms with Crippen LogP contribution in [0.5, 0.6) is 0 Å². The molecule has 88 valence electrons. The number of halogens is 1. The first-order valence-corrected chi connectivity index (χ1v) is 6.49. The Labute approximate surface area is 105 Å². The molecule has 0 aliphatic carbocycles. The van der Waals surface area contributed by atoms with Crippen LogP contribution in [0.15, 0.2) is 28.7 Å². The number of hydrogen-bond donors (Lipinski definition) is 1. The molecule has 0 saturated carbocycles. The summed E-state index contributed by atoms with van der Waals surface area (Å²) in [6.45, 7) is 4.61. The van der Waals surface area contributed by atoms with Crippen molar-refractivity contribution in [2.45, 2.75) is 18.8 Å². The summed E-state index contributed by atoms with van der Waals surface area (Å²) in [5, 5.41) is 0. The molecule has 1 saturated heterocycles. The summed E-state index contributed by atoms with van der Waals surface area (Å²) >= 11 is 3.53. The van der Waals surface area contributed by atoms with Crippen LogP contribution in [-0.4, -0.2) is 19.8 Å². The number of hydrogen-bond acceptors (Lipinski definition) is 2. The zero-order chi connectivity index (χ0) is 11.6. The smallest absolute Gasteiger partial charge is 0.0585 e. The van der Waals surface area contributed by atoms with Crippen LogP contribution in [0.3, 0.4) is 0 Å². The van der Waals surface area contributed by atoms with Gasteiger partial charge in [-0.3, -0.25) is 0 Å². The summed E-state index contributed by atoms with van der Waals surface area (Å²) in [5.74, 6) is 0.544. The highest BCUT2D eigenvalue weighted by Gasteiger charge is 2.41. The quantitative estimate of drug-likeness (QED) is 0.922. The van der Waals surface area contributed by atoms with E-state index in [0.717, 1.165) is 30.7 Å². The molecule has 1 aliphatic rings. The molecule has 0 spiro atoms. The second-order valence-electron chi connectivity index (χ2n) is 4.83. The van der Waals surface area contributed by atoms with E-state index in [1.54, 1.807) is 0 Å². The van der Waals surface area contributed by atoms with Crippen molar-refractivity contribution in [3.8, 4) is 0 Å². The van der Waals surface area contributed by atoms with Crippen molar-refractivity contribution >= 4 is 15.9 Å². The standard InChI is InChI=1S/C13H18BrNO/c1-10(7-15)6-13(8-16-9-13)11-3-2-4-12(14)5-11/h2-5,10H,6-9,15H2,1H3. The monoisotopic (exact) mass is 283 g/mol. The van der Waals surface area contributed by atoms with E-state index < -0.39 is 0 Å². The molecule has 2 N–H and O–H groups in total. The van der Waals surface area contributed by atoms with Crippen LogP contribution in [0.1, 0.15) is 18.9 Å². The normalized spacial score (nSPS) is 20.2. The van der Waals surface area contributed by atoms with Gasteiger partial charge in [0.2, 0.25) is 0 Å². The van der Waals surface area contributed by atoms with Gasteiger partial charge in [-0.1, -0.05) is 35.0 Å². The molecule has 16 heavy (non-hydrogen) atoms. The van der Waals surface area contributed by atoms with Gasteiger partial charge in [-0.15, -0.1) is 0 Å². The van der Waals surface area contributed by atoms with E-state index in [0.29, 0.717) is 5.92 Å². The molecule has 0 aromatic heterocycles. The Balaban J connectivity index is 2.21. The molecular formula is C13H18BrNO. The van der Waals surface area contributed by atoms with E-state index in [1.165, 1.54) is 5.56 Å². The first-order chi connectivity index (χ1) is 7.66. The molecule has 1 heterocycles. The SMILES string of the molecule is CC(CN)CC1(c2cccc(Br)c2)COC1. The molecule has 2 nitrogen and oxygen atoms in total. The number of nitrogens with two attached hydrogens (primary N) is 1. The highest BCUT2D eigenvalue weighted by molar-refractivity contribution is 9.10. The van der Waals surface area contributed by atoms with Crippen LogP contribution >= 0.6 is 15.9 Å². The Morgan fingerprint density at radius 3 is 2.75 bits per heavy atom. The van der Waals surface area contributed by atoms with E-state index in [1.807, 2.05) is 0 Å². The molecule has 0 bridgehead atoms.